The topological polar surface area (TPSA) is 12.5 Å². The molecule has 0 saturated carbocycles. The minimum absolute atomic E-state index is 0.935. The second-order valence-electron chi connectivity index (χ2n) is 4.39. The van der Waals surface area contributed by atoms with Crippen LogP contribution >= 0.6 is 0 Å². The van der Waals surface area contributed by atoms with Crippen molar-refractivity contribution in [1.29, 1.82) is 0 Å². The summed E-state index contributed by atoms with van der Waals surface area (Å²) in [6.07, 6.45) is 10.1. The van der Waals surface area contributed by atoms with Crippen LogP contribution in [-0.4, -0.2) is 37.7 Å². The molecule has 2 aliphatic rings. The van der Waals surface area contributed by atoms with Crippen molar-refractivity contribution in [3.8, 4) is 0 Å². The molecule has 0 aromatic carbocycles. The first-order valence-corrected chi connectivity index (χ1v) is 5.90. The van der Waals surface area contributed by atoms with Gasteiger partial charge in [0, 0.05) is 13.1 Å². The second-order valence-corrected chi connectivity index (χ2v) is 4.39. The molecule has 1 heterocycles. The fraction of sp³-hybridized carbons (Fsp3) is 0.833. The van der Waals surface area contributed by atoms with Gasteiger partial charge in [0.25, 0.3) is 0 Å². The van der Waals surface area contributed by atoms with Gasteiger partial charge in [0.2, 0.25) is 0 Å². The zero-order chi connectivity index (χ0) is 9.64. The Morgan fingerprint density at radius 1 is 1.21 bits per heavy atom. The van der Waals surface area contributed by atoms with Gasteiger partial charge in [0.15, 0.2) is 0 Å². The lowest BCUT2D eigenvalue weighted by atomic mass is 9.91. The quantitative estimate of drug-likeness (QED) is 0.639. The smallest absolute Gasteiger partial charge is 0.0594 e. The molecule has 1 atom stereocenters. The van der Waals surface area contributed by atoms with Gasteiger partial charge in [-0.3, -0.25) is 4.90 Å². The highest BCUT2D eigenvalue weighted by Crippen LogP contribution is 2.21. The van der Waals surface area contributed by atoms with Crippen LogP contribution in [0.15, 0.2) is 12.2 Å². The van der Waals surface area contributed by atoms with Crippen LogP contribution in [0.3, 0.4) is 0 Å². The number of allylic oxidation sites excluding steroid dienone is 2. The molecule has 80 valence electrons. The monoisotopic (exact) mass is 195 g/mol. The molecule has 2 nitrogen and oxygen atoms in total. The summed E-state index contributed by atoms with van der Waals surface area (Å²) in [6.45, 7) is 5.43. The van der Waals surface area contributed by atoms with E-state index in [2.05, 4.69) is 17.1 Å². The Kier molecular flexibility index (Phi) is 4.02. The summed E-state index contributed by atoms with van der Waals surface area (Å²) in [7, 11) is 0. The maximum Gasteiger partial charge on any atom is 0.0594 e. The highest BCUT2D eigenvalue weighted by molar-refractivity contribution is 4.90. The van der Waals surface area contributed by atoms with Crippen molar-refractivity contribution in [2.45, 2.75) is 25.7 Å². The molecule has 1 aliphatic carbocycles. The lowest BCUT2D eigenvalue weighted by molar-refractivity contribution is 0.0352. The largest absolute Gasteiger partial charge is 0.379 e. The van der Waals surface area contributed by atoms with Gasteiger partial charge in [0.05, 0.1) is 13.2 Å². The first-order valence-electron chi connectivity index (χ1n) is 5.90. The third-order valence-corrected chi connectivity index (χ3v) is 3.33. The van der Waals surface area contributed by atoms with E-state index in [9.17, 15) is 0 Å². The molecule has 0 bridgehead atoms. The van der Waals surface area contributed by atoms with E-state index in [1.807, 2.05) is 0 Å². The Morgan fingerprint density at radius 3 is 2.79 bits per heavy atom. The molecule has 1 unspecified atom stereocenters. The summed E-state index contributed by atoms with van der Waals surface area (Å²) >= 11 is 0. The summed E-state index contributed by atoms with van der Waals surface area (Å²) in [5.74, 6) is 0.947. The SMILES string of the molecule is C1=CCC(CCN2CCOCC2)CC1. The number of ether oxygens (including phenoxy) is 1. The van der Waals surface area contributed by atoms with Crippen LogP contribution in [0.4, 0.5) is 0 Å². The standard InChI is InChI=1S/C12H21NO/c1-2-4-12(5-3-1)6-7-13-8-10-14-11-9-13/h1-2,12H,3-11H2. The van der Waals surface area contributed by atoms with Gasteiger partial charge in [-0.15, -0.1) is 0 Å². The molecule has 0 spiro atoms. The van der Waals surface area contributed by atoms with Crippen molar-refractivity contribution in [1.82, 2.24) is 4.90 Å². The number of hydrogen-bond acceptors (Lipinski definition) is 2. The molecule has 2 rings (SSSR count). The van der Waals surface area contributed by atoms with Crippen LogP contribution in [0.25, 0.3) is 0 Å². The van der Waals surface area contributed by atoms with E-state index in [1.54, 1.807) is 0 Å². The molecular formula is C12H21NO. The Morgan fingerprint density at radius 2 is 2.07 bits per heavy atom. The Bertz CT molecular complexity index is 185. The normalized spacial score (nSPS) is 29.3. The zero-order valence-electron chi connectivity index (χ0n) is 8.95. The Balaban J connectivity index is 1.63. The van der Waals surface area contributed by atoms with Crippen LogP contribution in [0.5, 0.6) is 0 Å². The number of rotatable bonds is 3. The van der Waals surface area contributed by atoms with E-state index in [0.29, 0.717) is 0 Å². The zero-order valence-corrected chi connectivity index (χ0v) is 8.95. The summed E-state index contributed by atoms with van der Waals surface area (Å²) in [5, 5.41) is 0. The average molecular weight is 195 g/mol. The van der Waals surface area contributed by atoms with Crippen molar-refractivity contribution in [2.75, 3.05) is 32.8 Å². The molecule has 14 heavy (non-hydrogen) atoms. The van der Waals surface area contributed by atoms with Gasteiger partial charge < -0.3 is 4.74 Å². The minimum Gasteiger partial charge on any atom is -0.379 e. The van der Waals surface area contributed by atoms with Crippen LogP contribution in [0, 0.1) is 5.92 Å². The fourth-order valence-corrected chi connectivity index (χ4v) is 2.31. The van der Waals surface area contributed by atoms with Crippen LogP contribution in [0.2, 0.25) is 0 Å². The van der Waals surface area contributed by atoms with Gasteiger partial charge in [0.1, 0.15) is 0 Å². The van der Waals surface area contributed by atoms with E-state index >= 15 is 0 Å². The molecule has 0 radical (unpaired) electrons. The first-order chi connectivity index (χ1) is 6.95. The third kappa shape index (κ3) is 3.10. The number of hydrogen-bond donors (Lipinski definition) is 0. The van der Waals surface area contributed by atoms with Crippen LogP contribution in [-0.2, 0) is 4.74 Å². The van der Waals surface area contributed by atoms with Gasteiger partial charge in [-0.1, -0.05) is 12.2 Å². The van der Waals surface area contributed by atoms with Crippen molar-refractivity contribution in [3.05, 3.63) is 12.2 Å². The first kappa shape index (κ1) is 10.2. The number of morpholine rings is 1. The molecule has 0 amide bonds. The third-order valence-electron chi connectivity index (χ3n) is 3.33. The van der Waals surface area contributed by atoms with E-state index in [4.69, 9.17) is 4.74 Å². The van der Waals surface area contributed by atoms with Crippen molar-refractivity contribution in [2.24, 2.45) is 5.92 Å². The minimum atomic E-state index is 0.935. The summed E-state index contributed by atoms with van der Waals surface area (Å²) in [6, 6.07) is 0. The summed E-state index contributed by atoms with van der Waals surface area (Å²) in [4.78, 5) is 2.54. The van der Waals surface area contributed by atoms with Gasteiger partial charge in [-0.05, 0) is 38.1 Å². The van der Waals surface area contributed by atoms with Crippen LogP contribution < -0.4 is 0 Å². The molecule has 1 aliphatic heterocycles. The van der Waals surface area contributed by atoms with Gasteiger partial charge in [-0.2, -0.15) is 0 Å². The predicted molar refractivity (Wildman–Crippen MR) is 58.4 cm³/mol. The summed E-state index contributed by atoms with van der Waals surface area (Å²) < 4.78 is 5.34. The average Bonchev–Trinajstić information content (AvgIpc) is 2.29. The van der Waals surface area contributed by atoms with E-state index in [1.165, 1.54) is 32.2 Å². The maximum atomic E-state index is 5.34. The predicted octanol–water partition coefficient (Wildman–Crippen LogP) is 2.06. The van der Waals surface area contributed by atoms with Crippen molar-refractivity contribution in [3.63, 3.8) is 0 Å². The second kappa shape index (κ2) is 5.52. The maximum absolute atomic E-state index is 5.34. The number of nitrogens with zero attached hydrogens (tertiary/aromatic N) is 1. The molecule has 2 heteroatoms. The lowest BCUT2D eigenvalue weighted by Gasteiger charge is -2.28. The molecular weight excluding hydrogens is 174 g/mol. The van der Waals surface area contributed by atoms with Crippen LogP contribution in [0.1, 0.15) is 25.7 Å². The molecule has 1 fully saturated rings. The van der Waals surface area contributed by atoms with Gasteiger partial charge >= 0.3 is 0 Å². The summed E-state index contributed by atoms with van der Waals surface area (Å²) in [5.41, 5.74) is 0. The van der Waals surface area contributed by atoms with E-state index in [-0.39, 0.29) is 0 Å². The molecule has 0 N–H and O–H groups in total. The fourth-order valence-electron chi connectivity index (χ4n) is 2.31. The highest BCUT2D eigenvalue weighted by atomic mass is 16.5. The Hall–Kier alpha value is -0.340. The van der Waals surface area contributed by atoms with E-state index < -0.39 is 0 Å². The van der Waals surface area contributed by atoms with Crippen molar-refractivity contribution < 1.29 is 4.74 Å². The highest BCUT2D eigenvalue weighted by Gasteiger charge is 2.14. The van der Waals surface area contributed by atoms with E-state index in [0.717, 1.165) is 32.2 Å². The molecule has 0 aromatic heterocycles. The molecule has 0 aromatic rings. The van der Waals surface area contributed by atoms with Gasteiger partial charge in [-0.25, -0.2) is 0 Å². The van der Waals surface area contributed by atoms with Crippen molar-refractivity contribution >= 4 is 0 Å². The lowest BCUT2D eigenvalue weighted by Crippen LogP contribution is -2.37. The molecule has 1 saturated heterocycles. The Labute approximate surface area is 86.9 Å².